The predicted molar refractivity (Wildman–Crippen MR) is 233 cm³/mol. The molecule has 10 aromatic carbocycles. The number of hydrogen-bond donors (Lipinski definition) is 0. The van der Waals surface area contributed by atoms with E-state index in [4.69, 9.17) is 15.0 Å². The third kappa shape index (κ3) is 4.65. The average molecular weight is 716 g/mol. The van der Waals surface area contributed by atoms with E-state index < -0.39 is 0 Å². The molecule has 0 amide bonds. The number of hydrogen-bond acceptors (Lipinski definition) is 4. The Labute approximate surface area is 320 Å². The summed E-state index contributed by atoms with van der Waals surface area (Å²) < 4.78 is 1.21. The Kier molecular flexibility index (Phi) is 6.50. The van der Waals surface area contributed by atoms with Crippen molar-refractivity contribution in [2.75, 3.05) is 0 Å². The number of fused-ring (bicyclic) bond motifs is 3. The Morgan fingerprint density at radius 2 is 0.836 bits per heavy atom. The molecule has 0 aliphatic rings. The Morgan fingerprint density at radius 3 is 1.53 bits per heavy atom. The summed E-state index contributed by atoms with van der Waals surface area (Å²) in [5.74, 6) is 1.98. The van der Waals surface area contributed by atoms with Gasteiger partial charge in [-0.05, 0) is 105 Å². The van der Waals surface area contributed by atoms with Gasteiger partial charge in [0.05, 0.1) is 4.88 Å². The molecule has 0 aliphatic heterocycles. The first-order chi connectivity index (χ1) is 27.2. The number of benzene rings is 9. The van der Waals surface area contributed by atoms with Crippen LogP contribution in [0.15, 0.2) is 176 Å². The maximum atomic E-state index is 5.35. The lowest BCUT2D eigenvalue weighted by Crippen LogP contribution is -2.00. The summed E-state index contributed by atoms with van der Waals surface area (Å²) in [6.45, 7) is 0. The largest absolute Gasteiger partial charge is 0.208 e. The Bertz CT molecular complexity index is 3450. The van der Waals surface area contributed by atoms with E-state index in [1.807, 2.05) is 0 Å². The van der Waals surface area contributed by atoms with Crippen molar-refractivity contribution in [3.8, 4) is 44.6 Å². The lowest BCUT2D eigenvalue weighted by Gasteiger charge is -2.17. The van der Waals surface area contributed by atoms with Crippen LogP contribution in [-0.4, -0.2) is 15.0 Å². The van der Waals surface area contributed by atoms with Crippen LogP contribution >= 0.6 is 11.3 Å². The van der Waals surface area contributed by atoms with Crippen molar-refractivity contribution in [1.82, 2.24) is 15.0 Å². The van der Waals surface area contributed by atoms with Gasteiger partial charge in [0, 0.05) is 15.8 Å². The van der Waals surface area contributed by atoms with Gasteiger partial charge in [0.1, 0.15) is 0 Å². The van der Waals surface area contributed by atoms with Gasteiger partial charge >= 0.3 is 0 Å². The average Bonchev–Trinajstić information content (AvgIpc) is 3.70. The van der Waals surface area contributed by atoms with Crippen molar-refractivity contribution in [2.45, 2.75) is 0 Å². The number of thiophene rings is 1. The minimum atomic E-state index is 0.652. The van der Waals surface area contributed by atoms with Crippen LogP contribution in [0.1, 0.15) is 0 Å². The van der Waals surface area contributed by atoms with Gasteiger partial charge in [0.15, 0.2) is 17.5 Å². The minimum Gasteiger partial charge on any atom is -0.208 e. The summed E-state index contributed by atoms with van der Waals surface area (Å²) in [6.07, 6.45) is 0. The van der Waals surface area contributed by atoms with Crippen molar-refractivity contribution >= 4 is 86.1 Å². The SMILES string of the molecule is c1ccc(-c2ccccc2-c2nc(-c3cc4ccc5cccc6c7cccc8ccc9cccc(c(c3)c4c56)c9c87)nc(-c3cc4ccccc4s3)n2)cc1. The summed E-state index contributed by atoms with van der Waals surface area (Å²) >= 11 is 1.72. The molecule has 0 saturated carbocycles. The van der Waals surface area contributed by atoms with Gasteiger partial charge in [0.25, 0.3) is 0 Å². The summed E-state index contributed by atoms with van der Waals surface area (Å²) in [5, 5.41) is 16.1. The Balaban J connectivity index is 1.21. The third-order valence-electron chi connectivity index (χ3n) is 11.2. The number of rotatable bonds is 4. The van der Waals surface area contributed by atoms with E-state index in [-0.39, 0.29) is 0 Å². The van der Waals surface area contributed by atoms with Crippen molar-refractivity contribution in [1.29, 1.82) is 0 Å². The second-order valence-electron chi connectivity index (χ2n) is 14.3. The van der Waals surface area contributed by atoms with E-state index in [2.05, 4.69) is 176 Å². The molecule has 12 rings (SSSR count). The number of nitrogens with zero attached hydrogens (tertiary/aromatic N) is 3. The van der Waals surface area contributed by atoms with Crippen LogP contribution in [0.3, 0.4) is 0 Å². The number of aromatic nitrogens is 3. The van der Waals surface area contributed by atoms with Crippen molar-refractivity contribution in [3.63, 3.8) is 0 Å². The highest BCUT2D eigenvalue weighted by atomic mass is 32.1. The lowest BCUT2D eigenvalue weighted by molar-refractivity contribution is 1.08. The molecule has 0 fully saturated rings. The van der Waals surface area contributed by atoms with Crippen LogP contribution in [0.5, 0.6) is 0 Å². The fraction of sp³-hybridized carbons (Fsp3) is 0. The van der Waals surface area contributed by atoms with E-state index in [1.54, 1.807) is 11.3 Å². The smallest absolute Gasteiger partial charge is 0.174 e. The summed E-state index contributed by atoms with van der Waals surface area (Å²) in [4.78, 5) is 16.9. The fourth-order valence-corrected chi connectivity index (χ4v) is 9.79. The molecule has 254 valence electrons. The highest BCUT2D eigenvalue weighted by molar-refractivity contribution is 7.22. The zero-order valence-corrected chi connectivity index (χ0v) is 30.3. The van der Waals surface area contributed by atoms with Gasteiger partial charge in [-0.25, -0.2) is 15.0 Å². The third-order valence-corrected chi connectivity index (χ3v) is 12.3. The zero-order valence-electron chi connectivity index (χ0n) is 29.5. The molecule has 0 aliphatic carbocycles. The molecule has 0 atom stereocenters. The van der Waals surface area contributed by atoms with E-state index >= 15 is 0 Å². The highest BCUT2D eigenvalue weighted by Gasteiger charge is 2.20. The first kappa shape index (κ1) is 30.5. The molecule has 55 heavy (non-hydrogen) atoms. The maximum absolute atomic E-state index is 5.35. The quantitative estimate of drug-likeness (QED) is 0.170. The molecule has 3 nitrogen and oxygen atoms in total. The second-order valence-corrected chi connectivity index (χ2v) is 15.4. The van der Waals surface area contributed by atoms with Gasteiger partial charge in [-0.2, -0.15) is 0 Å². The van der Waals surface area contributed by atoms with Crippen molar-refractivity contribution < 1.29 is 0 Å². The Morgan fingerprint density at radius 1 is 0.309 bits per heavy atom. The van der Waals surface area contributed by atoms with E-state index in [0.29, 0.717) is 17.5 Å². The van der Waals surface area contributed by atoms with Crippen LogP contribution in [0.2, 0.25) is 0 Å². The monoisotopic (exact) mass is 715 g/mol. The first-order valence-corrected chi connectivity index (χ1v) is 19.4. The van der Waals surface area contributed by atoms with Crippen molar-refractivity contribution in [3.05, 3.63) is 176 Å². The van der Waals surface area contributed by atoms with Crippen LogP contribution in [0, 0.1) is 0 Å². The van der Waals surface area contributed by atoms with Gasteiger partial charge in [-0.3, -0.25) is 0 Å². The molecule has 2 heterocycles. The normalized spacial score (nSPS) is 12.0. The molecule has 0 saturated heterocycles. The minimum absolute atomic E-state index is 0.652. The summed E-state index contributed by atoms with van der Waals surface area (Å²) in [6, 6.07) is 63.5. The van der Waals surface area contributed by atoms with Gasteiger partial charge < -0.3 is 0 Å². The Hall–Kier alpha value is -7.01. The van der Waals surface area contributed by atoms with Crippen LogP contribution in [-0.2, 0) is 0 Å². The van der Waals surface area contributed by atoms with Crippen LogP contribution < -0.4 is 0 Å². The standard InChI is InChI=1S/C51H29N3S/c1-2-11-30(12-3-1)37-17-5-6-18-41(37)50-52-49(53-51(54-50)44-29-34-13-4-7-22-43(34)55-44)36-27-35-26-25-33-15-9-20-39-38-19-8-14-31-23-24-32-16-10-21-40(47(32)45(31)38)42(28-36)48(35)46(33)39/h1-29H. The topological polar surface area (TPSA) is 38.7 Å². The lowest BCUT2D eigenvalue weighted by atomic mass is 9.87. The predicted octanol–water partition coefficient (Wildman–Crippen LogP) is 14.1. The molecule has 4 heteroatoms. The fourth-order valence-electron chi connectivity index (χ4n) is 8.79. The zero-order chi connectivity index (χ0) is 36.0. The van der Waals surface area contributed by atoms with E-state index in [1.165, 1.54) is 69.3 Å². The molecular weight excluding hydrogens is 687 g/mol. The molecule has 2 aromatic heterocycles. The van der Waals surface area contributed by atoms with E-state index in [9.17, 15) is 0 Å². The van der Waals surface area contributed by atoms with Gasteiger partial charge in [-0.1, -0.05) is 152 Å². The van der Waals surface area contributed by atoms with E-state index in [0.717, 1.165) is 32.5 Å². The summed E-state index contributed by atoms with van der Waals surface area (Å²) in [7, 11) is 0. The maximum Gasteiger partial charge on any atom is 0.174 e. The van der Waals surface area contributed by atoms with Crippen LogP contribution in [0.25, 0.3) is 119 Å². The van der Waals surface area contributed by atoms with Crippen LogP contribution in [0.4, 0.5) is 0 Å². The molecule has 12 aromatic rings. The molecule has 0 radical (unpaired) electrons. The molecular formula is C51H29N3S. The van der Waals surface area contributed by atoms with Gasteiger partial charge in [-0.15, -0.1) is 11.3 Å². The molecule has 0 spiro atoms. The highest BCUT2D eigenvalue weighted by Crippen LogP contribution is 2.45. The molecule has 0 N–H and O–H groups in total. The summed E-state index contributed by atoms with van der Waals surface area (Å²) in [5.41, 5.74) is 4.14. The molecule has 0 bridgehead atoms. The van der Waals surface area contributed by atoms with Gasteiger partial charge in [0.2, 0.25) is 0 Å². The molecule has 0 unspecified atom stereocenters. The second kappa shape index (κ2) is 11.7. The first-order valence-electron chi connectivity index (χ1n) is 18.6. The van der Waals surface area contributed by atoms with Crippen molar-refractivity contribution in [2.24, 2.45) is 0 Å².